The van der Waals surface area contributed by atoms with E-state index in [1.54, 1.807) is 0 Å². The van der Waals surface area contributed by atoms with Crippen molar-refractivity contribution >= 4 is 11.8 Å². The van der Waals surface area contributed by atoms with E-state index in [4.69, 9.17) is 5.11 Å². The molecule has 12 heavy (non-hydrogen) atoms. The number of aromatic carboxylic acids is 1. The number of aromatic nitrogens is 1. The van der Waals surface area contributed by atoms with E-state index < -0.39 is 5.97 Å². The molecule has 0 saturated heterocycles. The van der Waals surface area contributed by atoms with Crippen LogP contribution in [0.15, 0.2) is 6.20 Å². The molecule has 0 radical (unpaired) electrons. The summed E-state index contributed by atoms with van der Waals surface area (Å²) in [6.07, 6.45) is 2.48. The lowest BCUT2D eigenvalue weighted by Crippen LogP contribution is -1.99. The van der Waals surface area contributed by atoms with Crippen molar-refractivity contribution in [3.8, 4) is 0 Å². The maximum absolute atomic E-state index is 11.1. The molecule has 1 aromatic heterocycles. The van der Waals surface area contributed by atoms with E-state index in [1.807, 2.05) is 0 Å². The number of carboxylic acid groups (broad SMARTS) is 1. The Hall–Kier alpha value is -1.58. The van der Waals surface area contributed by atoms with Crippen molar-refractivity contribution in [3.63, 3.8) is 0 Å². The topological polar surface area (TPSA) is 70.2 Å². The van der Waals surface area contributed by atoms with Gasteiger partial charge in [0.25, 0.3) is 0 Å². The Labute approximate surface area is 68.2 Å². The van der Waals surface area contributed by atoms with Crippen molar-refractivity contribution in [2.45, 2.75) is 12.8 Å². The fourth-order valence-corrected chi connectivity index (χ4v) is 1.53. The van der Waals surface area contributed by atoms with E-state index in [0.29, 0.717) is 24.0 Å². The van der Waals surface area contributed by atoms with E-state index in [0.717, 1.165) is 0 Å². The summed E-state index contributed by atoms with van der Waals surface area (Å²) in [6, 6.07) is 0. The molecular weight excluding hydrogens is 158 g/mol. The highest BCUT2D eigenvalue weighted by Gasteiger charge is 2.26. The summed E-state index contributed by atoms with van der Waals surface area (Å²) in [5, 5.41) is 8.68. The molecule has 4 heteroatoms. The van der Waals surface area contributed by atoms with Gasteiger partial charge >= 0.3 is 5.97 Å². The van der Waals surface area contributed by atoms with Gasteiger partial charge in [-0.3, -0.25) is 4.79 Å². The first-order chi connectivity index (χ1) is 5.70. The van der Waals surface area contributed by atoms with Crippen LogP contribution in [0.1, 0.15) is 32.8 Å². The summed E-state index contributed by atoms with van der Waals surface area (Å²) in [4.78, 5) is 24.3. The van der Waals surface area contributed by atoms with Crippen LogP contribution in [0.3, 0.4) is 0 Å². The lowest BCUT2D eigenvalue weighted by atomic mass is 10.2. The van der Waals surface area contributed by atoms with Crippen LogP contribution in [0, 0.1) is 0 Å². The number of H-pyrrole nitrogens is 1. The van der Waals surface area contributed by atoms with Crippen LogP contribution >= 0.6 is 0 Å². The average molecular weight is 165 g/mol. The Kier molecular flexibility index (Phi) is 1.30. The minimum atomic E-state index is -0.994. The third-order valence-corrected chi connectivity index (χ3v) is 2.10. The number of hydrogen-bond donors (Lipinski definition) is 2. The molecule has 1 aliphatic carbocycles. The second kappa shape index (κ2) is 2.20. The largest absolute Gasteiger partial charge is 0.477 e. The van der Waals surface area contributed by atoms with Crippen molar-refractivity contribution < 1.29 is 14.7 Å². The fraction of sp³-hybridized carbons (Fsp3) is 0.250. The molecule has 2 N–H and O–H groups in total. The van der Waals surface area contributed by atoms with Gasteiger partial charge in [-0.05, 0) is 12.0 Å². The zero-order valence-corrected chi connectivity index (χ0v) is 6.26. The third-order valence-electron chi connectivity index (χ3n) is 2.10. The average Bonchev–Trinajstić information content (AvgIpc) is 2.53. The number of carbonyl (C=O) groups excluding carboxylic acids is 1. The molecule has 0 saturated carbocycles. The molecule has 4 nitrogen and oxygen atoms in total. The quantitative estimate of drug-likeness (QED) is 0.647. The van der Waals surface area contributed by atoms with Crippen LogP contribution in [0.5, 0.6) is 0 Å². The number of carbonyl (C=O) groups is 2. The van der Waals surface area contributed by atoms with Crippen LogP contribution in [0.25, 0.3) is 0 Å². The van der Waals surface area contributed by atoms with Gasteiger partial charge in [-0.15, -0.1) is 0 Å². The van der Waals surface area contributed by atoms with Crippen molar-refractivity contribution in [2.24, 2.45) is 0 Å². The van der Waals surface area contributed by atoms with E-state index >= 15 is 0 Å². The Morgan fingerprint density at radius 2 is 2.25 bits per heavy atom. The highest BCUT2D eigenvalue weighted by Crippen LogP contribution is 2.24. The molecule has 0 amide bonds. The maximum atomic E-state index is 11.1. The number of aromatic amines is 1. The molecule has 2 rings (SSSR count). The zero-order chi connectivity index (χ0) is 8.72. The normalized spacial score (nSPS) is 14.8. The molecule has 1 aromatic rings. The predicted octanol–water partition coefficient (Wildman–Crippen LogP) is 0.842. The van der Waals surface area contributed by atoms with Crippen molar-refractivity contribution in [1.82, 2.24) is 4.98 Å². The van der Waals surface area contributed by atoms with Gasteiger partial charge in [0.05, 0.1) is 0 Å². The van der Waals surface area contributed by atoms with Crippen molar-refractivity contribution in [2.75, 3.05) is 0 Å². The summed E-state index contributed by atoms with van der Waals surface area (Å²) in [6.45, 7) is 0. The smallest absolute Gasteiger partial charge is 0.352 e. The van der Waals surface area contributed by atoms with Crippen LogP contribution in [0.4, 0.5) is 0 Å². The number of nitrogens with one attached hydrogen (secondary N) is 1. The zero-order valence-electron chi connectivity index (χ0n) is 6.26. The van der Waals surface area contributed by atoms with Gasteiger partial charge in [0.2, 0.25) is 0 Å². The highest BCUT2D eigenvalue weighted by atomic mass is 16.4. The lowest BCUT2D eigenvalue weighted by molar-refractivity contribution is 0.0690. The number of rotatable bonds is 1. The summed E-state index contributed by atoms with van der Waals surface area (Å²) < 4.78 is 0. The fourth-order valence-electron chi connectivity index (χ4n) is 1.53. The second-order valence-corrected chi connectivity index (χ2v) is 2.78. The molecule has 1 aliphatic rings. The van der Waals surface area contributed by atoms with Crippen molar-refractivity contribution in [1.29, 1.82) is 0 Å². The number of carboxylic acids is 1. The van der Waals surface area contributed by atoms with Crippen LogP contribution in [-0.4, -0.2) is 21.8 Å². The second-order valence-electron chi connectivity index (χ2n) is 2.78. The molecule has 0 atom stereocenters. The van der Waals surface area contributed by atoms with Gasteiger partial charge in [-0.2, -0.15) is 0 Å². The summed E-state index contributed by atoms with van der Waals surface area (Å²) >= 11 is 0. The molecule has 62 valence electrons. The van der Waals surface area contributed by atoms with E-state index in [2.05, 4.69) is 4.98 Å². The Morgan fingerprint density at radius 1 is 1.50 bits per heavy atom. The summed E-state index contributed by atoms with van der Waals surface area (Å²) in [5.41, 5.74) is 1.37. The SMILES string of the molecule is O=C1CCc2c1c[nH]c2C(=O)O. The summed E-state index contributed by atoms with van der Waals surface area (Å²) in [5.74, 6) is -0.959. The van der Waals surface area contributed by atoms with Crippen LogP contribution in [0.2, 0.25) is 0 Å². The lowest BCUT2D eigenvalue weighted by Gasteiger charge is -1.91. The molecule has 0 aromatic carbocycles. The Morgan fingerprint density at radius 3 is 2.92 bits per heavy atom. The molecule has 0 spiro atoms. The highest BCUT2D eigenvalue weighted by molar-refractivity contribution is 6.03. The predicted molar refractivity (Wildman–Crippen MR) is 40.4 cm³/mol. The minimum absolute atomic E-state index is 0.0359. The van der Waals surface area contributed by atoms with E-state index in [-0.39, 0.29) is 11.5 Å². The standard InChI is InChI=1S/C8H7NO3/c10-6-2-1-4-5(6)3-9-7(4)8(11)12/h3,9H,1-2H2,(H,11,12). The molecule has 0 unspecified atom stereocenters. The van der Waals surface area contributed by atoms with Gasteiger partial charge in [0, 0.05) is 18.2 Å². The van der Waals surface area contributed by atoms with Gasteiger partial charge in [0.1, 0.15) is 5.69 Å². The van der Waals surface area contributed by atoms with E-state index in [9.17, 15) is 9.59 Å². The van der Waals surface area contributed by atoms with Crippen LogP contribution < -0.4 is 0 Å². The minimum Gasteiger partial charge on any atom is -0.477 e. The Bertz CT molecular complexity index is 364. The number of fused-ring (bicyclic) bond motifs is 1. The maximum Gasteiger partial charge on any atom is 0.352 e. The summed E-state index contributed by atoms with van der Waals surface area (Å²) in [7, 11) is 0. The van der Waals surface area contributed by atoms with Crippen molar-refractivity contribution in [3.05, 3.63) is 23.0 Å². The van der Waals surface area contributed by atoms with Gasteiger partial charge in [-0.1, -0.05) is 0 Å². The first-order valence-corrected chi connectivity index (χ1v) is 3.67. The van der Waals surface area contributed by atoms with Gasteiger partial charge in [-0.25, -0.2) is 4.79 Å². The third kappa shape index (κ3) is 0.777. The molecule has 0 fully saturated rings. The number of Topliss-reactive ketones (excluding diaryl/α,β-unsaturated/α-hetero) is 1. The van der Waals surface area contributed by atoms with E-state index in [1.165, 1.54) is 6.20 Å². The Balaban J connectivity index is 2.56. The van der Waals surface area contributed by atoms with Gasteiger partial charge < -0.3 is 10.1 Å². The molecule has 0 aliphatic heterocycles. The monoisotopic (exact) mass is 165 g/mol. The molecule has 0 bridgehead atoms. The van der Waals surface area contributed by atoms with Gasteiger partial charge in [0.15, 0.2) is 5.78 Å². The molecule has 1 heterocycles. The number of ketones is 1. The first-order valence-electron chi connectivity index (χ1n) is 3.67. The first kappa shape index (κ1) is 7.09. The molecular formula is C8H7NO3. The van der Waals surface area contributed by atoms with Crippen LogP contribution in [-0.2, 0) is 6.42 Å². The number of hydrogen-bond acceptors (Lipinski definition) is 2.